The first-order chi connectivity index (χ1) is 9.06. The topological polar surface area (TPSA) is 26.3 Å². The first kappa shape index (κ1) is 14.3. The van der Waals surface area contributed by atoms with Crippen molar-refractivity contribution in [1.82, 2.24) is 0 Å². The maximum atomic E-state index is 11.6. The Balaban J connectivity index is 2.17. The summed E-state index contributed by atoms with van der Waals surface area (Å²) in [5.41, 5.74) is 1.64. The van der Waals surface area contributed by atoms with Crippen LogP contribution in [0, 0.1) is 0 Å². The Hall–Kier alpha value is -1.13. The number of hydrogen-bond donors (Lipinski definition) is 0. The molecule has 2 rings (SSSR count). The van der Waals surface area contributed by atoms with Crippen LogP contribution in [0.25, 0.3) is 0 Å². The van der Waals surface area contributed by atoms with Crippen LogP contribution in [0.5, 0.6) is 5.75 Å². The zero-order valence-electron chi connectivity index (χ0n) is 10.3. The maximum absolute atomic E-state index is 11.6. The third-order valence-corrected chi connectivity index (χ3v) is 3.59. The fourth-order valence-electron chi connectivity index (χ4n) is 1.69. The van der Waals surface area contributed by atoms with Gasteiger partial charge in [-0.3, -0.25) is 4.79 Å². The highest BCUT2D eigenvalue weighted by molar-refractivity contribution is 9.10. The first-order valence-corrected chi connectivity index (χ1v) is 7.32. The summed E-state index contributed by atoms with van der Waals surface area (Å²) < 4.78 is 7.61. The van der Waals surface area contributed by atoms with Crippen LogP contribution in [-0.4, -0.2) is 5.78 Å². The molecule has 0 heterocycles. The molecule has 98 valence electrons. The Morgan fingerprint density at radius 3 is 2.53 bits per heavy atom. The summed E-state index contributed by atoms with van der Waals surface area (Å²) >= 11 is 6.78. The van der Waals surface area contributed by atoms with Gasteiger partial charge in [-0.25, -0.2) is 0 Å². The summed E-state index contributed by atoms with van der Waals surface area (Å²) in [5.74, 6) is 0.598. The minimum atomic E-state index is -0.00876. The molecule has 0 N–H and O–H groups in total. The molecule has 2 aromatic rings. The molecule has 0 fully saturated rings. The third-order valence-electron chi connectivity index (χ3n) is 2.60. The number of carbonyl (C=O) groups is 1. The SMILES string of the molecule is CC(=O)c1cc(Br)ccc1OCc1cccc(Br)c1. The van der Waals surface area contributed by atoms with Gasteiger partial charge >= 0.3 is 0 Å². The van der Waals surface area contributed by atoms with E-state index in [2.05, 4.69) is 31.9 Å². The number of ketones is 1. The molecule has 2 nitrogen and oxygen atoms in total. The molecular weight excluding hydrogens is 372 g/mol. The highest BCUT2D eigenvalue weighted by Crippen LogP contribution is 2.25. The van der Waals surface area contributed by atoms with Gasteiger partial charge in [0.1, 0.15) is 12.4 Å². The van der Waals surface area contributed by atoms with Gasteiger partial charge in [-0.15, -0.1) is 0 Å². The summed E-state index contributed by atoms with van der Waals surface area (Å²) in [5, 5.41) is 0. The summed E-state index contributed by atoms with van der Waals surface area (Å²) in [6, 6.07) is 13.3. The van der Waals surface area contributed by atoms with Gasteiger partial charge in [0.25, 0.3) is 0 Å². The third kappa shape index (κ3) is 3.91. The average Bonchev–Trinajstić information content (AvgIpc) is 2.37. The molecule has 0 amide bonds. The Morgan fingerprint density at radius 2 is 1.84 bits per heavy atom. The van der Waals surface area contributed by atoms with Crippen LogP contribution in [-0.2, 0) is 6.61 Å². The lowest BCUT2D eigenvalue weighted by atomic mass is 10.1. The van der Waals surface area contributed by atoms with Crippen LogP contribution in [0.15, 0.2) is 51.4 Å². The van der Waals surface area contributed by atoms with E-state index in [4.69, 9.17) is 4.74 Å². The van der Waals surface area contributed by atoms with E-state index in [0.717, 1.165) is 14.5 Å². The Labute approximate surface area is 129 Å². The molecule has 19 heavy (non-hydrogen) atoms. The lowest BCUT2D eigenvalue weighted by Crippen LogP contribution is -2.01. The van der Waals surface area contributed by atoms with Crippen molar-refractivity contribution in [2.45, 2.75) is 13.5 Å². The molecule has 0 saturated heterocycles. The highest BCUT2D eigenvalue weighted by atomic mass is 79.9. The Morgan fingerprint density at radius 1 is 1.11 bits per heavy atom. The van der Waals surface area contributed by atoms with Crippen LogP contribution < -0.4 is 4.74 Å². The molecule has 0 aromatic heterocycles. The number of hydrogen-bond acceptors (Lipinski definition) is 2. The molecule has 0 atom stereocenters. The monoisotopic (exact) mass is 382 g/mol. The standard InChI is InChI=1S/C15H12Br2O2/c1-10(18)14-8-13(17)5-6-15(14)19-9-11-3-2-4-12(16)7-11/h2-8H,9H2,1H3. The van der Waals surface area contributed by atoms with Gasteiger partial charge in [0.15, 0.2) is 5.78 Å². The van der Waals surface area contributed by atoms with Crippen molar-refractivity contribution < 1.29 is 9.53 Å². The van der Waals surface area contributed by atoms with E-state index in [1.165, 1.54) is 6.92 Å². The smallest absolute Gasteiger partial charge is 0.163 e. The Bertz CT molecular complexity index is 609. The van der Waals surface area contributed by atoms with Gasteiger partial charge < -0.3 is 4.74 Å². The van der Waals surface area contributed by atoms with Crippen molar-refractivity contribution in [3.63, 3.8) is 0 Å². The zero-order valence-corrected chi connectivity index (χ0v) is 13.5. The van der Waals surface area contributed by atoms with Gasteiger partial charge in [0.2, 0.25) is 0 Å². The minimum absolute atomic E-state index is 0.00876. The van der Waals surface area contributed by atoms with E-state index in [1.54, 1.807) is 12.1 Å². The molecule has 0 aliphatic rings. The van der Waals surface area contributed by atoms with Crippen LogP contribution in [0.1, 0.15) is 22.8 Å². The van der Waals surface area contributed by atoms with Gasteiger partial charge in [0.05, 0.1) is 5.56 Å². The summed E-state index contributed by atoms with van der Waals surface area (Å²) in [4.78, 5) is 11.6. The van der Waals surface area contributed by atoms with Crippen LogP contribution in [0.2, 0.25) is 0 Å². The van der Waals surface area contributed by atoms with E-state index in [1.807, 2.05) is 30.3 Å². The number of ether oxygens (including phenoxy) is 1. The highest BCUT2D eigenvalue weighted by Gasteiger charge is 2.09. The van der Waals surface area contributed by atoms with Gasteiger partial charge in [-0.1, -0.05) is 44.0 Å². The molecule has 0 aliphatic heterocycles. The van der Waals surface area contributed by atoms with Gasteiger partial charge in [-0.05, 0) is 42.8 Å². The average molecular weight is 384 g/mol. The van der Waals surface area contributed by atoms with Crippen molar-refractivity contribution >= 4 is 37.6 Å². The molecule has 0 saturated carbocycles. The van der Waals surface area contributed by atoms with Crippen molar-refractivity contribution in [3.05, 3.63) is 62.5 Å². The van der Waals surface area contributed by atoms with Crippen molar-refractivity contribution in [3.8, 4) is 5.75 Å². The number of rotatable bonds is 4. The number of benzene rings is 2. The summed E-state index contributed by atoms with van der Waals surface area (Å²) in [7, 11) is 0. The fourth-order valence-corrected chi connectivity index (χ4v) is 2.50. The molecule has 0 radical (unpaired) electrons. The quantitative estimate of drug-likeness (QED) is 0.695. The van der Waals surface area contributed by atoms with E-state index in [9.17, 15) is 4.79 Å². The second-order valence-electron chi connectivity index (χ2n) is 4.12. The van der Waals surface area contributed by atoms with E-state index in [-0.39, 0.29) is 5.78 Å². The second-order valence-corrected chi connectivity index (χ2v) is 5.95. The van der Waals surface area contributed by atoms with Crippen molar-refractivity contribution in [1.29, 1.82) is 0 Å². The molecular formula is C15H12Br2O2. The normalized spacial score (nSPS) is 10.3. The number of carbonyl (C=O) groups excluding carboxylic acids is 1. The number of Topliss-reactive ketones (excluding diaryl/α,β-unsaturated/α-hetero) is 1. The molecule has 0 spiro atoms. The van der Waals surface area contributed by atoms with Crippen LogP contribution >= 0.6 is 31.9 Å². The lowest BCUT2D eigenvalue weighted by molar-refractivity contribution is 0.101. The molecule has 2 aromatic carbocycles. The maximum Gasteiger partial charge on any atom is 0.163 e. The summed E-state index contributed by atoms with van der Waals surface area (Å²) in [6.45, 7) is 1.97. The van der Waals surface area contributed by atoms with E-state index < -0.39 is 0 Å². The largest absolute Gasteiger partial charge is 0.488 e. The minimum Gasteiger partial charge on any atom is -0.488 e. The van der Waals surface area contributed by atoms with Crippen molar-refractivity contribution in [2.24, 2.45) is 0 Å². The summed E-state index contributed by atoms with van der Waals surface area (Å²) in [6.07, 6.45) is 0. The second kappa shape index (κ2) is 6.35. The number of halogens is 2. The molecule has 0 aliphatic carbocycles. The van der Waals surface area contributed by atoms with Crippen LogP contribution in [0.3, 0.4) is 0 Å². The lowest BCUT2D eigenvalue weighted by Gasteiger charge is -2.10. The fraction of sp³-hybridized carbons (Fsp3) is 0.133. The van der Waals surface area contributed by atoms with Gasteiger partial charge in [-0.2, -0.15) is 0 Å². The van der Waals surface area contributed by atoms with Crippen LogP contribution in [0.4, 0.5) is 0 Å². The molecule has 4 heteroatoms. The van der Waals surface area contributed by atoms with Crippen molar-refractivity contribution in [2.75, 3.05) is 0 Å². The van der Waals surface area contributed by atoms with E-state index >= 15 is 0 Å². The van der Waals surface area contributed by atoms with E-state index in [0.29, 0.717) is 17.9 Å². The predicted molar refractivity (Wildman–Crippen MR) is 82.6 cm³/mol. The Kier molecular flexibility index (Phi) is 4.77. The first-order valence-electron chi connectivity index (χ1n) is 5.74. The van der Waals surface area contributed by atoms with Gasteiger partial charge in [0, 0.05) is 8.95 Å². The predicted octanol–water partition coefficient (Wildman–Crippen LogP) is 4.99. The molecule has 0 unspecified atom stereocenters. The molecule has 0 bridgehead atoms. The zero-order chi connectivity index (χ0) is 13.8.